The van der Waals surface area contributed by atoms with E-state index >= 15 is 0 Å². The van der Waals surface area contributed by atoms with Crippen LogP contribution in [-0.2, 0) is 18.9 Å². The third kappa shape index (κ3) is 3.11. The monoisotopic (exact) mass is 302 g/mol. The summed E-state index contributed by atoms with van der Waals surface area (Å²) in [6, 6.07) is 0. The van der Waals surface area contributed by atoms with Crippen molar-refractivity contribution in [1.29, 1.82) is 0 Å². The smallest absolute Gasteiger partial charge is 0.210 e. The number of ether oxygens (including phenoxy) is 1. The average Bonchev–Trinajstić information content (AvgIpc) is 2.87. The Morgan fingerprint density at radius 3 is 2.20 bits per heavy atom. The molecule has 5 heteroatoms. The maximum absolute atomic E-state index is 6.51. The van der Waals surface area contributed by atoms with Gasteiger partial charge in [-0.1, -0.05) is 41.5 Å². The van der Waals surface area contributed by atoms with Crippen molar-refractivity contribution in [3.05, 3.63) is 11.8 Å². The van der Waals surface area contributed by atoms with Crippen molar-refractivity contribution in [2.24, 2.45) is 0 Å². The van der Waals surface area contributed by atoms with Crippen molar-refractivity contribution in [3.63, 3.8) is 0 Å². The molecule has 0 N–H and O–H groups in total. The number of hydrogen-bond donors (Lipinski definition) is 0. The Balaban J connectivity index is 3.12. The quantitative estimate of drug-likeness (QED) is 0.385. The van der Waals surface area contributed by atoms with E-state index in [1.807, 2.05) is 6.08 Å². The molecule has 20 heavy (non-hydrogen) atoms. The fourth-order valence-electron chi connectivity index (χ4n) is 3.71. The highest BCUT2D eigenvalue weighted by molar-refractivity contribution is 6.79. The summed E-state index contributed by atoms with van der Waals surface area (Å²) in [6.45, 7) is 15.3. The van der Waals surface area contributed by atoms with Gasteiger partial charge >= 0.3 is 0 Å². The SMILES string of the molecule is COCCO[Si](C(C)C)(C(C)C)C(C)(C)C1=CCOO1. The Morgan fingerprint density at radius 2 is 1.80 bits per heavy atom. The molecule has 1 aliphatic heterocycles. The Kier molecular flexibility index (Phi) is 6.25. The Morgan fingerprint density at radius 1 is 1.20 bits per heavy atom. The molecule has 0 spiro atoms. The first-order valence-corrected chi connectivity index (χ1v) is 9.50. The van der Waals surface area contributed by atoms with E-state index < -0.39 is 8.32 Å². The van der Waals surface area contributed by atoms with Gasteiger partial charge in [0.25, 0.3) is 0 Å². The van der Waals surface area contributed by atoms with Crippen molar-refractivity contribution >= 4 is 8.32 Å². The summed E-state index contributed by atoms with van der Waals surface area (Å²) in [6.07, 6.45) is 2.03. The largest absolute Gasteiger partial charge is 0.413 e. The summed E-state index contributed by atoms with van der Waals surface area (Å²) >= 11 is 0. The molecule has 0 saturated carbocycles. The maximum Gasteiger partial charge on any atom is 0.210 e. The number of allylic oxidation sites excluding steroid dienone is 1. The van der Waals surface area contributed by atoms with E-state index in [0.29, 0.717) is 30.9 Å². The lowest BCUT2D eigenvalue weighted by Gasteiger charge is -2.49. The predicted octanol–water partition coefficient (Wildman–Crippen LogP) is 4.04. The molecular formula is C15H30O4Si. The summed E-state index contributed by atoms with van der Waals surface area (Å²) in [5, 5.41) is -0.139. The lowest BCUT2D eigenvalue weighted by molar-refractivity contribution is -0.238. The molecule has 0 aromatic heterocycles. The summed E-state index contributed by atoms with van der Waals surface area (Å²) < 4.78 is 11.7. The predicted molar refractivity (Wildman–Crippen MR) is 82.9 cm³/mol. The zero-order chi connectivity index (χ0) is 15.4. The van der Waals surface area contributed by atoms with Crippen LogP contribution >= 0.6 is 0 Å². The highest BCUT2D eigenvalue weighted by Crippen LogP contribution is 2.56. The zero-order valence-electron chi connectivity index (χ0n) is 14.0. The second kappa shape index (κ2) is 7.07. The molecule has 118 valence electrons. The van der Waals surface area contributed by atoms with Gasteiger partial charge in [0, 0.05) is 12.1 Å². The van der Waals surface area contributed by atoms with Crippen LogP contribution in [0.1, 0.15) is 41.5 Å². The average molecular weight is 302 g/mol. The van der Waals surface area contributed by atoms with E-state index in [2.05, 4.69) is 41.5 Å². The molecule has 0 aliphatic carbocycles. The summed E-state index contributed by atoms with van der Waals surface area (Å²) in [4.78, 5) is 10.5. The molecule has 0 fully saturated rings. The fraction of sp³-hybridized carbons (Fsp3) is 0.867. The van der Waals surface area contributed by atoms with Gasteiger partial charge in [-0.25, -0.2) is 0 Å². The first-order chi connectivity index (χ1) is 9.30. The topological polar surface area (TPSA) is 36.9 Å². The molecule has 0 bridgehead atoms. The fourth-order valence-corrected chi connectivity index (χ4v) is 9.91. The highest BCUT2D eigenvalue weighted by atomic mass is 28.4. The molecule has 1 aliphatic rings. The van der Waals surface area contributed by atoms with Crippen molar-refractivity contribution in [2.45, 2.75) is 57.7 Å². The Hall–Kier alpha value is -0.363. The summed E-state index contributed by atoms with van der Waals surface area (Å²) in [5.74, 6) is 0.920. The van der Waals surface area contributed by atoms with Gasteiger partial charge in [-0.05, 0) is 17.2 Å². The van der Waals surface area contributed by atoms with Crippen LogP contribution in [-0.4, -0.2) is 35.2 Å². The van der Waals surface area contributed by atoms with E-state index in [4.69, 9.17) is 18.9 Å². The lowest BCUT2D eigenvalue weighted by Crippen LogP contribution is -2.55. The van der Waals surface area contributed by atoms with Gasteiger partial charge in [0.1, 0.15) is 12.4 Å². The van der Waals surface area contributed by atoms with Crippen molar-refractivity contribution in [2.75, 3.05) is 26.9 Å². The molecule has 0 unspecified atom stereocenters. The van der Waals surface area contributed by atoms with Crippen LogP contribution in [0, 0.1) is 0 Å². The normalized spacial score (nSPS) is 16.8. The van der Waals surface area contributed by atoms with Crippen molar-refractivity contribution in [3.8, 4) is 0 Å². The lowest BCUT2D eigenvalue weighted by atomic mass is 10.1. The minimum atomic E-state index is -2.13. The zero-order valence-corrected chi connectivity index (χ0v) is 15.0. The molecule has 0 aromatic carbocycles. The van der Waals surface area contributed by atoms with Gasteiger partial charge in [0.15, 0.2) is 0 Å². The molecule has 0 atom stereocenters. The van der Waals surface area contributed by atoms with Crippen LogP contribution in [0.2, 0.25) is 16.1 Å². The van der Waals surface area contributed by atoms with Crippen LogP contribution in [0.5, 0.6) is 0 Å². The van der Waals surface area contributed by atoms with E-state index in [1.165, 1.54) is 0 Å². The molecule has 0 aromatic rings. The minimum absolute atomic E-state index is 0.139. The van der Waals surface area contributed by atoms with Gasteiger partial charge < -0.3 is 14.1 Å². The van der Waals surface area contributed by atoms with Gasteiger partial charge in [-0.15, -0.1) is 0 Å². The molecule has 0 amide bonds. The second-order valence-corrected chi connectivity index (χ2v) is 11.9. The summed E-state index contributed by atoms with van der Waals surface area (Å²) in [7, 11) is -0.426. The van der Waals surface area contributed by atoms with Crippen LogP contribution in [0.15, 0.2) is 11.8 Å². The summed E-state index contributed by atoms with van der Waals surface area (Å²) in [5.41, 5.74) is 0.943. The molecule has 4 nitrogen and oxygen atoms in total. The molecule has 0 saturated heterocycles. The Labute approximate surface area is 124 Å². The van der Waals surface area contributed by atoms with Gasteiger partial charge in [-0.2, -0.15) is 4.89 Å². The van der Waals surface area contributed by atoms with Crippen LogP contribution in [0.4, 0.5) is 0 Å². The van der Waals surface area contributed by atoms with Crippen molar-refractivity contribution < 1.29 is 18.9 Å². The Bertz CT molecular complexity index is 329. The second-order valence-electron chi connectivity index (χ2n) is 6.50. The van der Waals surface area contributed by atoms with E-state index in [-0.39, 0.29) is 5.04 Å². The number of rotatable bonds is 8. The maximum atomic E-state index is 6.51. The third-order valence-electron chi connectivity index (χ3n) is 4.42. The molecular weight excluding hydrogens is 272 g/mol. The van der Waals surface area contributed by atoms with Gasteiger partial charge in [0.05, 0.1) is 13.2 Å². The molecule has 1 rings (SSSR count). The number of methoxy groups -OCH3 is 1. The minimum Gasteiger partial charge on any atom is -0.413 e. The van der Waals surface area contributed by atoms with Gasteiger partial charge in [0.2, 0.25) is 8.32 Å². The molecule has 0 radical (unpaired) electrons. The number of hydrogen-bond acceptors (Lipinski definition) is 4. The van der Waals surface area contributed by atoms with E-state index in [9.17, 15) is 0 Å². The van der Waals surface area contributed by atoms with E-state index in [0.717, 1.165) is 5.76 Å². The van der Waals surface area contributed by atoms with E-state index in [1.54, 1.807) is 7.11 Å². The molecule has 1 heterocycles. The first kappa shape index (κ1) is 17.7. The first-order valence-electron chi connectivity index (χ1n) is 7.43. The van der Waals surface area contributed by atoms with Crippen LogP contribution in [0.3, 0.4) is 0 Å². The van der Waals surface area contributed by atoms with Crippen molar-refractivity contribution in [1.82, 2.24) is 0 Å². The highest BCUT2D eigenvalue weighted by Gasteiger charge is 2.57. The van der Waals surface area contributed by atoms with Crippen LogP contribution in [0.25, 0.3) is 0 Å². The standard InChI is InChI=1S/C15H30O4Si/c1-12(2)20(13(3)4,18-11-10-16-7)15(5,6)14-8-9-17-19-14/h8,12-13H,9-11H2,1-7H3. The van der Waals surface area contributed by atoms with Crippen LogP contribution < -0.4 is 0 Å². The third-order valence-corrected chi connectivity index (χ3v) is 10.7. The van der Waals surface area contributed by atoms with Gasteiger partial charge in [-0.3, -0.25) is 0 Å².